The highest BCUT2D eigenvalue weighted by atomic mass is 15.1. The molecule has 3 aromatic heterocycles. The monoisotopic (exact) mass is 387 g/mol. The predicted octanol–water partition coefficient (Wildman–Crippen LogP) is 4.45. The van der Waals surface area contributed by atoms with Gasteiger partial charge in [0.15, 0.2) is 0 Å². The third kappa shape index (κ3) is 5.88. The van der Waals surface area contributed by atoms with Gasteiger partial charge in [0.25, 0.3) is 0 Å². The van der Waals surface area contributed by atoms with E-state index in [1.54, 1.807) is 0 Å². The lowest BCUT2D eigenvalue weighted by Gasteiger charge is -2.23. The van der Waals surface area contributed by atoms with Crippen LogP contribution in [0, 0.1) is 20.8 Å². The molecule has 0 fully saturated rings. The van der Waals surface area contributed by atoms with Gasteiger partial charge in [-0.3, -0.25) is 15.0 Å². The van der Waals surface area contributed by atoms with Crippen molar-refractivity contribution in [2.45, 2.75) is 47.3 Å². The number of nitrogens with zero attached hydrogens (tertiary/aromatic N) is 4. The Bertz CT molecular complexity index is 933. The number of aryl methyl sites for hydroxylation is 3. The van der Waals surface area contributed by atoms with E-state index in [9.17, 15) is 0 Å². The molecule has 0 radical (unpaired) electrons. The average Bonchev–Trinajstić information content (AvgIpc) is 2.71. The number of hydrogen-bond donors (Lipinski definition) is 1. The van der Waals surface area contributed by atoms with Crippen molar-refractivity contribution < 1.29 is 0 Å². The van der Waals surface area contributed by atoms with Crippen molar-refractivity contribution in [2.24, 2.45) is 0 Å². The van der Waals surface area contributed by atoms with E-state index >= 15 is 0 Å². The molecule has 0 spiro atoms. The average molecular weight is 388 g/mol. The zero-order chi connectivity index (χ0) is 20.6. The Balaban J connectivity index is 1.77. The van der Waals surface area contributed by atoms with Crippen molar-refractivity contribution >= 4 is 0 Å². The standard InChI is InChI=1S/C24H29N5/c1-18-8-5-11-25-22(18)14-28-21(4)15-29(16-23-19(2)9-6-12-26-23)17-24-20(3)10-7-13-27-24/h5-13,15,28H,14,16-17H2,1-4H3/b21-15+. The molecule has 1 N–H and O–H groups in total. The molecular formula is C24H29N5. The second-order valence-electron chi connectivity index (χ2n) is 7.37. The lowest BCUT2D eigenvalue weighted by Crippen LogP contribution is -2.22. The van der Waals surface area contributed by atoms with E-state index in [1.165, 1.54) is 16.7 Å². The number of aromatic nitrogens is 3. The summed E-state index contributed by atoms with van der Waals surface area (Å²) >= 11 is 0. The van der Waals surface area contributed by atoms with Crippen LogP contribution in [0.4, 0.5) is 0 Å². The first kappa shape index (κ1) is 20.5. The fourth-order valence-electron chi connectivity index (χ4n) is 3.15. The van der Waals surface area contributed by atoms with Crippen molar-refractivity contribution in [3.63, 3.8) is 0 Å². The Morgan fingerprint density at radius 2 is 1.24 bits per heavy atom. The van der Waals surface area contributed by atoms with Crippen molar-refractivity contribution in [3.05, 3.63) is 101 Å². The van der Waals surface area contributed by atoms with Crippen LogP contribution in [0.5, 0.6) is 0 Å². The Morgan fingerprint density at radius 3 is 1.69 bits per heavy atom. The molecule has 29 heavy (non-hydrogen) atoms. The maximum absolute atomic E-state index is 4.57. The molecule has 0 aromatic carbocycles. The van der Waals surface area contributed by atoms with E-state index in [1.807, 2.05) is 36.8 Å². The van der Waals surface area contributed by atoms with Gasteiger partial charge >= 0.3 is 0 Å². The first-order chi connectivity index (χ1) is 14.0. The zero-order valence-corrected chi connectivity index (χ0v) is 17.7. The van der Waals surface area contributed by atoms with E-state index in [0.29, 0.717) is 6.54 Å². The Labute approximate surface area is 173 Å². The zero-order valence-electron chi connectivity index (χ0n) is 17.7. The fraction of sp³-hybridized carbons (Fsp3) is 0.292. The summed E-state index contributed by atoms with van der Waals surface area (Å²) in [5.41, 5.74) is 7.87. The largest absolute Gasteiger partial charge is 0.382 e. The van der Waals surface area contributed by atoms with E-state index in [2.05, 4.69) is 77.3 Å². The normalized spacial score (nSPS) is 11.4. The summed E-state index contributed by atoms with van der Waals surface area (Å²) in [5.74, 6) is 0. The van der Waals surface area contributed by atoms with Crippen LogP contribution in [0.25, 0.3) is 0 Å². The van der Waals surface area contributed by atoms with Crippen LogP contribution in [0.2, 0.25) is 0 Å². The van der Waals surface area contributed by atoms with Crippen molar-refractivity contribution in [2.75, 3.05) is 0 Å². The molecule has 3 rings (SSSR count). The minimum Gasteiger partial charge on any atom is -0.382 e. The second-order valence-corrected chi connectivity index (χ2v) is 7.37. The van der Waals surface area contributed by atoms with E-state index in [0.717, 1.165) is 35.9 Å². The molecule has 0 saturated carbocycles. The number of hydrogen-bond acceptors (Lipinski definition) is 5. The molecule has 5 nitrogen and oxygen atoms in total. The maximum Gasteiger partial charge on any atom is 0.0625 e. The van der Waals surface area contributed by atoms with Gasteiger partial charge in [-0.25, -0.2) is 0 Å². The Hall–Kier alpha value is -3.21. The molecule has 0 amide bonds. The summed E-state index contributed by atoms with van der Waals surface area (Å²) in [6.45, 7) is 10.5. The van der Waals surface area contributed by atoms with E-state index in [-0.39, 0.29) is 0 Å². The molecule has 0 bridgehead atoms. The maximum atomic E-state index is 4.57. The summed E-state index contributed by atoms with van der Waals surface area (Å²) in [6.07, 6.45) is 7.69. The molecule has 5 heteroatoms. The molecule has 0 atom stereocenters. The van der Waals surface area contributed by atoms with Gasteiger partial charge in [-0.2, -0.15) is 0 Å². The van der Waals surface area contributed by atoms with Crippen LogP contribution in [0.3, 0.4) is 0 Å². The molecular weight excluding hydrogens is 358 g/mol. The highest BCUT2D eigenvalue weighted by Gasteiger charge is 2.10. The lowest BCUT2D eigenvalue weighted by atomic mass is 10.2. The number of pyridine rings is 3. The van der Waals surface area contributed by atoms with Crippen LogP contribution >= 0.6 is 0 Å². The van der Waals surface area contributed by atoms with Crippen LogP contribution < -0.4 is 5.32 Å². The van der Waals surface area contributed by atoms with Crippen molar-refractivity contribution in [1.82, 2.24) is 25.2 Å². The second kappa shape index (κ2) is 9.82. The number of allylic oxidation sites excluding steroid dienone is 1. The molecule has 0 aliphatic carbocycles. The highest BCUT2D eigenvalue weighted by Crippen LogP contribution is 2.14. The minimum absolute atomic E-state index is 0.702. The lowest BCUT2D eigenvalue weighted by molar-refractivity contribution is 0.346. The van der Waals surface area contributed by atoms with Gasteiger partial charge < -0.3 is 10.2 Å². The molecule has 0 aliphatic heterocycles. The smallest absolute Gasteiger partial charge is 0.0625 e. The van der Waals surface area contributed by atoms with Gasteiger partial charge in [0.2, 0.25) is 0 Å². The summed E-state index contributed by atoms with van der Waals surface area (Å²) < 4.78 is 0. The molecule has 0 unspecified atom stereocenters. The van der Waals surface area contributed by atoms with Crippen LogP contribution in [-0.2, 0) is 19.6 Å². The Morgan fingerprint density at radius 1 is 0.793 bits per heavy atom. The summed E-state index contributed by atoms with van der Waals surface area (Å²) in [4.78, 5) is 15.9. The van der Waals surface area contributed by atoms with Gasteiger partial charge in [-0.05, 0) is 62.6 Å². The highest BCUT2D eigenvalue weighted by molar-refractivity contribution is 5.21. The summed E-state index contributed by atoms with van der Waals surface area (Å²) in [6, 6.07) is 12.2. The SMILES string of the molecule is C/C(=C\N(Cc1ncccc1C)Cc1ncccc1C)NCc1ncccc1C. The third-order valence-electron chi connectivity index (χ3n) is 4.97. The first-order valence-corrected chi connectivity index (χ1v) is 9.90. The van der Waals surface area contributed by atoms with Gasteiger partial charge in [-0.1, -0.05) is 18.2 Å². The van der Waals surface area contributed by atoms with E-state index < -0.39 is 0 Å². The number of rotatable bonds is 8. The predicted molar refractivity (Wildman–Crippen MR) is 117 cm³/mol. The first-order valence-electron chi connectivity index (χ1n) is 9.90. The molecule has 0 saturated heterocycles. The molecule has 3 heterocycles. The van der Waals surface area contributed by atoms with Gasteiger partial charge in [-0.15, -0.1) is 0 Å². The number of nitrogens with one attached hydrogen (secondary N) is 1. The van der Waals surface area contributed by atoms with Gasteiger partial charge in [0, 0.05) is 30.5 Å². The minimum atomic E-state index is 0.702. The summed E-state index contributed by atoms with van der Waals surface area (Å²) in [5, 5.41) is 3.49. The van der Waals surface area contributed by atoms with E-state index in [4.69, 9.17) is 0 Å². The van der Waals surface area contributed by atoms with Gasteiger partial charge in [0.1, 0.15) is 0 Å². The van der Waals surface area contributed by atoms with Crippen LogP contribution in [-0.4, -0.2) is 19.9 Å². The third-order valence-corrected chi connectivity index (χ3v) is 4.97. The molecule has 3 aromatic rings. The molecule has 150 valence electrons. The van der Waals surface area contributed by atoms with Crippen LogP contribution in [0.1, 0.15) is 40.7 Å². The Kier molecular flexibility index (Phi) is 6.95. The summed E-state index contributed by atoms with van der Waals surface area (Å²) in [7, 11) is 0. The molecule has 0 aliphatic rings. The van der Waals surface area contributed by atoms with Crippen LogP contribution in [0.15, 0.2) is 66.9 Å². The topological polar surface area (TPSA) is 53.9 Å². The van der Waals surface area contributed by atoms with Crippen molar-refractivity contribution in [1.29, 1.82) is 0 Å². The van der Waals surface area contributed by atoms with Gasteiger partial charge in [0.05, 0.1) is 36.7 Å². The fourth-order valence-corrected chi connectivity index (χ4v) is 3.15. The quantitative estimate of drug-likeness (QED) is 0.619. The van der Waals surface area contributed by atoms with Crippen molar-refractivity contribution in [3.8, 4) is 0 Å².